The molecule has 0 saturated carbocycles. The summed E-state index contributed by atoms with van der Waals surface area (Å²) in [4.78, 5) is 52.6. The number of amides is 1. The Morgan fingerprint density at radius 3 is 2.46 bits per heavy atom. The number of carboxylic acids is 2. The predicted molar refractivity (Wildman–Crippen MR) is 96.4 cm³/mol. The van der Waals surface area contributed by atoms with Crippen molar-refractivity contribution < 1.29 is 29.3 Å². The maximum atomic E-state index is 12.3. The van der Waals surface area contributed by atoms with Gasteiger partial charge >= 0.3 is 11.9 Å². The smallest absolute Gasteiger partial charge is 0.326 e. The van der Waals surface area contributed by atoms with E-state index in [-0.39, 0.29) is 24.4 Å². The van der Waals surface area contributed by atoms with Crippen LogP contribution >= 0.6 is 0 Å². The number of aromatic amines is 1. The Kier molecular flexibility index (Phi) is 6.85. The van der Waals surface area contributed by atoms with E-state index in [0.717, 1.165) is 11.6 Å². The minimum atomic E-state index is -1.41. The number of nitrogens with one attached hydrogen (secondary N) is 2. The number of nitrogens with zero attached hydrogens (tertiary/aromatic N) is 1. The molecule has 0 aliphatic rings. The van der Waals surface area contributed by atoms with E-state index in [1.54, 1.807) is 24.3 Å². The van der Waals surface area contributed by atoms with Crippen molar-refractivity contribution in [1.82, 2.24) is 15.3 Å². The molecule has 1 aromatic heterocycles. The second-order valence-electron chi connectivity index (χ2n) is 5.90. The van der Waals surface area contributed by atoms with Gasteiger partial charge in [-0.15, -0.1) is 0 Å². The molecule has 1 amide bonds. The fraction of sp³-hybridized carbons (Fsp3) is 0.278. The number of aromatic nitrogens is 2. The molecule has 10 heteroatoms. The number of rotatable bonds is 9. The molecule has 0 spiro atoms. The lowest BCUT2D eigenvalue weighted by Crippen LogP contribution is -2.41. The van der Waals surface area contributed by atoms with Gasteiger partial charge in [-0.1, -0.05) is 12.1 Å². The quantitative estimate of drug-likeness (QED) is 0.480. The maximum absolute atomic E-state index is 12.3. The molecular weight excluding hydrogens is 370 g/mol. The van der Waals surface area contributed by atoms with Crippen molar-refractivity contribution in [3.05, 3.63) is 57.8 Å². The van der Waals surface area contributed by atoms with Crippen LogP contribution in [-0.2, 0) is 16.0 Å². The van der Waals surface area contributed by atoms with E-state index in [9.17, 15) is 19.2 Å². The zero-order valence-electron chi connectivity index (χ0n) is 15.0. The Labute approximate surface area is 159 Å². The lowest BCUT2D eigenvalue weighted by molar-refractivity contribution is -0.140. The molecule has 10 nitrogen and oxygen atoms in total. The van der Waals surface area contributed by atoms with Crippen LogP contribution in [0.1, 0.15) is 34.7 Å². The SMILES string of the molecule is COc1ccc(Cc2nc(C(=O)NC(CCC(=O)O)C(=O)O)cc(=O)[nH]2)cc1. The summed E-state index contributed by atoms with van der Waals surface area (Å²) in [6.45, 7) is 0. The first-order chi connectivity index (χ1) is 13.3. The molecule has 148 valence electrons. The van der Waals surface area contributed by atoms with Crippen LogP contribution < -0.4 is 15.6 Å². The number of ether oxygens (including phenoxy) is 1. The molecule has 0 radical (unpaired) electrons. The van der Waals surface area contributed by atoms with E-state index < -0.39 is 35.9 Å². The van der Waals surface area contributed by atoms with E-state index in [1.165, 1.54) is 7.11 Å². The maximum Gasteiger partial charge on any atom is 0.326 e. The Morgan fingerprint density at radius 1 is 1.21 bits per heavy atom. The van der Waals surface area contributed by atoms with E-state index in [2.05, 4.69) is 15.3 Å². The van der Waals surface area contributed by atoms with Gasteiger partial charge in [-0.05, 0) is 24.1 Å². The molecule has 0 aliphatic heterocycles. The van der Waals surface area contributed by atoms with Gasteiger partial charge in [0, 0.05) is 18.9 Å². The third kappa shape index (κ3) is 5.94. The number of aliphatic carboxylic acids is 2. The number of H-pyrrole nitrogens is 1. The van der Waals surface area contributed by atoms with Crippen LogP contribution in [0.25, 0.3) is 0 Å². The number of methoxy groups -OCH3 is 1. The number of carboxylic acid groups (broad SMARTS) is 2. The van der Waals surface area contributed by atoms with E-state index in [1.807, 2.05) is 0 Å². The highest BCUT2D eigenvalue weighted by Gasteiger charge is 2.22. The third-order valence-corrected chi connectivity index (χ3v) is 3.80. The van der Waals surface area contributed by atoms with E-state index in [0.29, 0.717) is 5.75 Å². The van der Waals surface area contributed by atoms with Gasteiger partial charge < -0.3 is 25.3 Å². The van der Waals surface area contributed by atoms with Crippen LogP contribution in [0.5, 0.6) is 5.75 Å². The van der Waals surface area contributed by atoms with Crippen molar-refractivity contribution in [2.24, 2.45) is 0 Å². The molecule has 0 fully saturated rings. The van der Waals surface area contributed by atoms with Crippen molar-refractivity contribution in [2.75, 3.05) is 7.11 Å². The average Bonchev–Trinajstić information content (AvgIpc) is 2.64. The van der Waals surface area contributed by atoms with Gasteiger partial charge in [0.25, 0.3) is 11.5 Å². The highest BCUT2D eigenvalue weighted by Crippen LogP contribution is 2.13. The monoisotopic (exact) mass is 389 g/mol. The molecule has 0 aliphatic carbocycles. The summed E-state index contributed by atoms with van der Waals surface area (Å²) in [5, 5.41) is 20.0. The number of hydrogen-bond acceptors (Lipinski definition) is 6. The summed E-state index contributed by atoms with van der Waals surface area (Å²) in [6.07, 6.45) is -0.483. The molecule has 0 saturated heterocycles. The number of carbonyl (C=O) groups excluding carboxylic acids is 1. The molecule has 4 N–H and O–H groups in total. The number of benzene rings is 1. The first kappa shape index (κ1) is 20.6. The van der Waals surface area contributed by atoms with Crippen LogP contribution in [-0.4, -0.2) is 51.2 Å². The van der Waals surface area contributed by atoms with Crippen LogP contribution in [0.3, 0.4) is 0 Å². The predicted octanol–water partition coefficient (Wildman–Crippen LogP) is 0.417. The molecule has 1 heterocycles. The summed E-state index contributed by atoms with van der Waals surface area (Å²) in [5.41, 5.74) is -0.0127. The summed E-state index contributed by atoms with van der Waals surface area (Å²) < 4.78 is 5.07. The lowest BCUT2D eigenvalue weighted by Gasteiger charge is -2.13. The van der Waals surface area contributed by atoms with Gasteiger partial charge in [0.15, 0.2) is 0 Å². The van der Waals surface area contributed by atoms with Crippen molar-refractivity contribution in [2.45, 2.75) is 25.3 Å². The van der Waals surface area contributed by atoms with Gasteiger partial charge in [0.05, 0.1) is 7.11 Å². The zero-order chi connectivity index (χ0) is 20.7. The number of hydrogen-bond donors (Lipinski definition) is 4. The molecule has 1 unspecified atom stereocenters. The minimum Gasteiger partial charge on any atom is -0.497 e. The van der Waals surface area contributed by atoms with Crippen LogP contribution in [0.15, 0.2) is 35.1 Å². The largest absolute Gasteiger partial charge is 0.497 e. The van der Waals surface area contributed by atoms with Crippen molar-refractivity contribution in [3.8, 4) is 5.75 Å². The van der Waals surface area contributed by atoms with E-state index in [4.69, 9.17) is 14.9 Å². The molecule has 0 bridgehead atoms. The van der Waals surface area contributed by atoms with Crippen molar-refractivity contribution in [1.29, 1.82) is 0 Å². The van der Waals surface area contributed by atoms with Gasteiger partial charge in [-0.3, -0.25) is 14.4 Å². The fourth-order valence-electron chi connectivity index (χ4n) is 2.40. The Bertz CT molecular complexity index is 922. The molecule has 1 aromatic carbocycles. The molecule has 2 aromatic rings. The molecule has 28 heavy (non-hydrogen) atoms. The van der Waals surface area contributed by atoms with Gasteiger partial charge in [-0.2, -0.15) is 0 Å². The fourth-order valence-corrected chi connectivity index (χ4v) is 2.40. The first-order valence-corrected chi connectivity index (χ1v) is 8.27. The average molecular weight is 389 g/mol. The summed E-state index contributed by atoms with van der Waals surface area (Å²) >= 11 is 0. The highest BCUT2D eigenvalue weighted by atomic mass is 16.5. The second-order valence-corrected chi connectivity index (χ2v) is 5.90. The molecule has 2 rings (SSSR count). The van der Waals surface area contributed by atoms with Gasteiger partial charge in [-0.25, -0.2) is 9.78 Å². The first-order valence-electron chi connectivity index (χ1n) is 8.27. The highest BCUT2D eigenvalue weighted by molar-refractivity contribution is 5.95. The summed E-state index contributed by atoms with van der Waals surface area (Å²) in [5.74, 6) is -2.55. The van der Waals surface area contributed by atoms with Crippen LogP contribution in [0, 0.1) is 0 Å². The van der Waals surface area contributed by atoms with Crippen molar-refractivity contribution >= 4 is 17.8 Å². The van der Waals surface area contributed by atoms with Crippen molar-refractivity contribution in [3.63, 3.8) is 0 Å². The van der Waals surface area contributed by atoms with E-state index >= 15 is 0 Å². The Balaban J connectivity index is 2.16. The molecular formula is C18H19N3O7. The summed E-state index contributed by atoms with van der Waals surface area (Å²) in [6, 6.07) is 6.57. The minimum absolute atomic E-state index is 0.222. The zero-order valence-corrected chi connectivity index (χ0v) is 15.0. The molecule has 1 atom stereocenters. The summed E-state index contributed by atoms with van der Waals surface area (Å²) in [7, 11) is 1.54. The lowest BCUT2D eigenvalue weighted by atomic mass is 10.1. The van der Waals surface area contributed by atoms with Gasteiger partial charge in [0.1, 0.15) is 23.3 Å². The number of carbonyl (C=O) groups is 3. The third-order valence-electron chi connectivity index (χ3n) is 3.80. The Morgan fingerprint density at radius 2 is 1.89 bits per heavy atom. The second kappa shape index (κ2) is 9.31. The Hall–Kier alpha value is -3.69. The van der Waals surface area contributed by atoms with Gasteiger partial charge in [0.2, 0.25) is 0 Å². The van der Waals surface area contributed by atoms with Crippen LogP contribution in [0.4, 0.5) is 0 Å². The normalized spacial score (nSPS) is 11.5. The standard InChI is InChI=1S/C18H19N3O7/c1-28-11-4-2-10(3-5-11)8-14-19-13(9-15(22)21-14)17(25)20-12(18(26)27)6-7-16(23)24/h2-5,9,12H,6-8H2,1H3,(H,20,25)(H,23,24)(H,26,27)(H,19,21,22). The van der Waals surface area contributed by atoms with Crippen LogP contribution in [0.2, 0.25) is 0 Å². The topological polar surface area (TPSA) is 159 Å².